The first kappa shape index (κ1) is 23.3. The van der Waals surface area contributed by atoms with E-state index in [-0.39, 0.29) is 0 Å². The lowest BCUT2D eigenvalue weighted by atomic mass is 9.76. The number of hydrogen-bond donors (Lipinski definition) is 0. The fourth-order valence-electron chi connectivity index (χ4n) is 6.76. The number of hydrogen-bond acceptors (Lipinski definition) is 1. The van der Waals surface area contributed by atoms with Crippen molar-refractivity contribution in [1.29, 1.82) is 0 Å². The van der Waals surface area contributed by atoms with Gasteiger partial charge in [0, 0.05) is 5.69 Å². The van der Waals surface area contributed by atoms with Gasteiger partial charge in [0.2, 0.25) is 0 Å². The highest BCUT2D eigenvalue weighted by Gasteiger charge is 2.61. The second kappa shape index (κ2) is 9.45. The Morgan fingerprint density at radius 3 is 0.846 bits per heavy atom. The molecule has 0 unspecified atom stereocenters. The van der Waals surface area contributed by atoms with Gasteiger partial charge in [-0.2, -0.15) is 0 Å². The van der Waals surface area contributed by atoms with Crippen molar-refractivity contribution in [2.45, 2.75) is 11.1 Å². The third kappa shape index (κ3) is 3.33. The zero-order valence-corrected chi connectivity index (χ0v) is 21.7. The molecule has 0 radical (unpaired) electrons. The van der Waals surface area contributed by atoms with E-state index in [4.69, 9.17) is 0 Å². The summed E-state index contributed by atoms with van der Waals surface area (Å²) in [5.41, 5.74) is 7.51. The summed E-state index contributed by atoms with van der Waals surface area (Å²) in [6.07, 6.45) is 0. The minimum Gasteiger partial charge on any atom is -0.336 e. The van der Waals surface area contributed by atoms with Crippen LogP contribution in [0.3, 0.4) is 0 Å². The molecule has 0 N–H and O–H groups in total. The molecule has 1 heteroatoms. The smallest absolute Gasteiger partial charge is 0.118 e. The number of nitrogens with zero attached hydrogens (tertiary/aromatic N) is 1. The Hall–Kier alpha value is -4.88. The van der Waals surface area contributed by atoms with Crippen LogP contribution in [0.15, 0.2) is 176 Å². The molecule has 7 rings (SSSR count). The molecule has 1 nitrogen and oxygen atoms in total. The third-order valence-corrected chi connectivity index (χ3v) is 8.16. The molecule has 39 heavy (non-hydrogen) atoms. The average Bonchev–Trinajstić information content (AvgIpc) is 3.32. The molecule has 1 aliphatic rings. The first-order valence-corrected chi connectivity index (χ1v) is 13.6. The molecule has 0 aromatic heterocycles. The van der Waals surface area contributed by atoms with Gasteiger partial charge in [-0.05, 0) is 45.5 Å². The lowest BCUT2D eigenvalue weighted by Gasteiger charge is -2.50. The highest BCUT2D eigenvalue weighted by Crippen LogP contribution is 2.62. The van der Waals surface area contributed by atoms with Crippen LogP contribution in [-0.2, 0) is 11.1 Å². The summed E-state index contributed by atoms with van der Waals surface area (Å²) in [6, 6.07) is 64.0. The fraction of sp³-hybridized carbons (Fsp3) is 0.0526. The summed E-state index contributed by atoms with van der Waals surface area (Å²) in [5, 5.41) is 0. The van der Waals surface area contributed by atoms with Crippen LogP contribution in [0.25, 0.3) is 0 Å². The van der Waals surface area contributed by atoms with Gasteiger partial charge in [0.1, 0.15) is 11.1 Å². The van der Waals surface area contributed by atoms with E-state index >= 15 is 0 Å². The molecule has 0 amide bonds. The number of rotatable bonds is 5. The maximum atomic E-state index is 2.68. The summed E-state index contributed by atoms with van der Waals surface area (Å²) >= 11 is 0. The van der Waals surface area contributed by atoms with Crippen molar-refractivity contribution in [3.63, 3.8) is 0 Å². The highest BCUT2D eigenvalue weighted by molar-refractivity contribution is 5.78. The van der Waals surface area contributed by atoms with Crippen LogP contribution >= 0.6 is 0 Å². The van der Waals surface area contributed by atoms with E-state index in [0.717, 1.165) is 5.69 Å². The monoisotopic (exact) mass is 499 g/mol. The lowest BCUT2D eigenvalue weighted by molar-refractivity contribution is 0.496. The molecule has 6 aromatic rings. The van der Waals surface area contributed by atoms with Gasteiger partial charge in [0.25, 0.3) is 0 Å². The van der Waals surface area contributed by atoms with Crippen LogP contribution in [0.4, 0.5) is 5.69 Å². The molecule has 1 heterocycles. The van der Waals surface area contributed by atoms with E-state index in [1.165, 1.54) is 33.4 Å². The summed E-state index contributed by atoms with van der Waals surface area (Å²) in [4.78, 5) is 2.68. The molecule has 0 bridgehead atoms. The molecule has 0 spiro atoms. The Bertz CT molecular complexity index is 1490. The van der Waals surface area contributed by atoms with Gasteiger partial charge in [0.15, 0.2) is 0 Å². The first-order chi connectivity index (χ1) is 19.4. The molecule has 1 aliphatic heterocycles. The summed E-state index contributed by atoms with van der Waals surface area (Å²) in [6.45, 7) is 0. The highest BCUT2D eigenvalue weighted by atomic mass is 15.3. The maximum absolute atomic E-state index is 2.68. The molecule has 0 saturated carbocycles. The normalized spacial score (nSPS) is 15.0. The Morgan fingerprint density at radius 1 is 0.282 bits per heavy atom. The van der Waals surface area contributed by atoms with E-state index in [1.807, 2.05) is 0 Å². The molecule has 6 aromatic carbocycles. The second-order valence-electron chi connectivity index (χ2n) is 10.1. The SMILES string of the molecule is c1ccc(N2C(c3ccccc3)(c3ccccc3)c3ccccc3C2(c2ccccc2)c2ccccc2)cc1. The molecule has 186 valence electrons. The molecule has 0 fully saturated rings. The van der Waals surface area contributed by atoms with Crippen molar-refractivity contribution < 1.29 is 0 Å². The zero-order chi connectivity index (χ0) is 26.1. The molecular formula is C38H29N. The quantitative estimate of drug-likeness (QED) is 0.229. The van der Waals surface area contributed by atoms with Crippen molar-refractivity contribution in [1.82, 2.24) is 0 Å². The Kier molecular flexibility index (Phi) is 5.64. The van der Waals surface area contributed by atoms with E-state index in [0.29, 0.717) is 0 Å². The molecule has 0 aliphatic carbocycles. The maximum Gasteiger partial charge on any atom is 0.118 e. The fourth-order valence-corrected chi connectivity index (χ4v) is 6.76. The summed E-state index contributed by atoms with van der Waals surface area (Å²) in [7, 11) is 0. The Morgan fingerprint density at radius 2 is 0.538 bits per heavy atom. The van der Waals surface area contributed by atoms with E-state index in [1.54, 1.807) is 0 Å². The van der Waals surface area contributed by atoms with E-state index in [2.05, 4.69) is 181 Å². The number of anilines is 1. The van der Waals surface area contributed by atoms with Crippen molar-refractivity contribution in [2.24, 2.45) is 0 Å². The van der Waals surface area contributed by atoms with Gasteiger partial charge in [-0.25, -0.2) is 0 Å². The van der Waals surface area contributed by atoms with Crippen LogP contribution in [0.1, 0.15) is 33.4 Å². The summed E-state index contributed by atoms with van der Waals surface area (Å²) < 4.78 is 0. The van der Waals surface area contributed by atoms with Gasteiger partial charge in [-0.3, -0.25) is 0 Å². The second-order valence-corrected chi connectivity index (χ2v) is 10.1. The lowest BCUT2D eigenvalue weighted by Crippen LogP contribution is -2.54. The Labute approximate surface area is 230 Å². The van der Waals surface area contributed by atoms with Gasteiger partial charge < -0.3 is 4.90 Å². The third-order valence-electron chi connectivity index (χ3n) is 8.16. The van der Waals surface area contributed by atoms with Gasteiger partial charge in [-0.15, -0.1) is 0 Å². The number of fused-ring (bicyclic) bond motifs is 1. The van der Waals surface area contributed by atoms with Crippen molar-refractivity contribution in [3.8, 4) is 0 Å². The molecular weight excluding hydrogens is 470 g/mol. The number of para-hydroxylation sites is 1. The van der Waals surface area contributed by atoms with Crippen molar-refractivity contribution >= 4 is 5.69 Å². The van der Waals surface area contributed by atoms with Crippen LogP contribution in [0.2, 0.25) is 0 Å². The van der Waals surface area contributed by atoms with E-state index < -0.39 is 11.1 Å². The number of benzene rings is 6. The van der Waals surface area contributed by atoms with Gasteiger partial charge in [-0.1, -0.05) is 164 Å². The standard InChI is InChI=1S/C38H29N/c1-6-18-30(19-7-1)37(31-20-8-2-9-21-31)35-28-16-17-29-36(35)38(32-22-10-3-11-23-32,33-24-12-4-13-25-33)39(37)34-26-14-5-15-27-34/h1-29H. The Balaban J connectivity index is 1.74. The van der Waals surface area contributed by atoms with Crippen LogP contribution in [0.5, 0.6) is 0 Å². The van der Waals surface area contributed by atoms with E-state index in [9.17, 15) is 0 Å². The molecule has 0 atom stereocenters. The summed E-state index contributed by atoms with van der Waals surface area (Å²) in [5.74, 6) is 0. The van der Waals surface area contributed by atoms with Crippen LogP contribution < -0.4 is 4.90 Å². The minimum absolute atomic E-state index is 0.591. The zero-order valence-electron chi connectivity index (χ0n) is 21.7. The van der Waals surface area contributed by atoms with Crippen LogP contribution in [0, 0.1) is 0 Å². The predicted octanol–water partition coefficient (Wildman–Crippen LogP) is 8.79. The first-order valence-electron chi connectivity index (χ1n) is 13.6. The average molecular weight is 500 g/mol. The van der Waals surface area contributed by atoms with Crippen LogP contribution in [-0.4, -0.2) is 0 Å². The van der Waals surface area contributed by atoms with Gasteiger partial charge >= 0.3 is 0 Å². The van der Waals surface area contributed by atoms with Gasteiger partial charge in [0.05, 0.1) is 0 Å². The largest absolute Gasteiger partial charge is 0.336 e. The minimum atomic E-state index is -0.591. The predicted molar refractivity (Wildman–Crippen MR) is 161 cm³/mol. The topological polar surface area (TPSA) is 3.24 Å². The molecule has 0 saturated heterocycles. The van der Waals surface area contributed by atoms with Crippen molar-refractivity contribution in [2.75, 3.05) is 4.90 Å². The van der Waals surface area contributed by atoms with Crippen molar-refractivity contribution in [3.05, 3.63) is 209 Å².